The van der Waals surface area contributed by atoms with Crippen LogP contribution in [0.15, 0.2) is 12.4 Å². The molecular formula is C9H15N5O4. The fourth-order valence-corrected chi connectivity index (χ4v) is 1.13. The summed E-state index contributed by atoms with van der Waals surface area (Å²) in [5, 5.41) is 29.4. The number of aliphatic hydroxyl groups excluding tert-OH is 1. The van der Waals surface area contributed by atoms with Gasteiger partial charge >= 0.3 is 12.0 Å². The Morgan fingerprint density at radius 2 is 2.17 bits per heavy atom. The number of rotatable bonds is 7. The maximum absolute atomic E-state index is 11.2. The monoisotopic (exact) mass is 257 g/mol. The minimum atomic E-state index is -1.59. The van der Waals surface area contributed by atoms with Gasteiger partial charge in [-0.25, -0.2) is 9.59 Å². The first kappa shape index (κ1) is 13.9. The Balaban J connectivity index is 2.05. The van der Waals surface area contributed by atoms with Crippen molar-refractivity contribution in [3.8, 4) is 0 Å². The SMILES string of the molecule is O=C(NCCCn1ccnn1)NC[C@H](O)C(=O)O. The Hall–Kier alpha value is -2.16. The van der Waals surface area contributed by atoms with E-state index in [2.05, 4.69) is 20.9 Å². The van der Waals surface area contributed by atoms with E-state index in [0.717, 1.165) is 0 Å². The number of hydrogen-bond donors (Lipinski definition) is 4. The summed E-state index contributed by atoms with van der Waals surface area (Å²) in [6.45, 7) is 0.705. The van der Waals surface area contributed by atoms with Crippen molar-refractivity contribution in [3.63, 3.8) is 0 Å². The summed E-state index contributed by atoms with van der Waals surface area (Å²) in [5.74, 6) is -1.37. The second-order valence-electron chi connectivity index (χ2n) is 3.51. The van der Waals surface area contributed by atoms with Crippen LogP contribution >= 0.6 is 0 Å². The second-order valence-corrected chi connectivity index (χ2v) is 3.51. The Bertz CT molecular complexity index is 380. The van der Waals surface area contributed by atoms with Crippen LogP contribution in [0.25, 0.3) is 0 Å². The van der Waals surface area contributed by atoms with Crippen molar-refractivity contribution in [3.05, 3.63) is 12.4 Å². The molecule has 0 spiro atoms. The standard InChI is InChI=1S/C9H15N5O4/c15-7(8(16)17)6-11-9(18)10-2-1-4-14-5-3-12-13-14/h3,5,7,15H,1-2,4,6H2,(H,16,17)(H2,10,11,18)/t7-/m0/s1. The minimum Gasteiger partial charge on any atom is -0.479 e. The number of urea groups is 1. The predicted octanol–water partition coefficient (Wildman–Crippen LogP) is -1.59. The largest absolute Gasteiger partial charge is 0.479 e. The minimum absolute atomic E-state index is 0.329. The zero-order valence-electron chi connectivity index (χ0n) is 9.61. The summed E-state index contributed by atoms with van der Waals surface area (Å²) in [6.07, 6.45) is 2.35. The molecule has 0 saturated heterocycles. The molecule has 9 nitrogen and oxygen atoms in total. The summed E-state index contributed by atoms with van der Waals surface area (Å²) in [6, 6.07) is -0.520. The molecule has 0 aliphatic carbocycles. The van der Waals surface area contributed by atoms with E-state index in [-0.39, 0.29) is 6.54 Å². The van der Waals surface area contributed by atoms with E-state index in [9.17, 15) is 9.59 Å². The number of carbonyl (C=O) groups is 2. The van der Waals surface area contributed by atoms with Crippen molar-refractivity contribution in [1.29, 1.82) is 0 Å². The molecule has 1 aromatic heterocycles. The molecule has 100 valence electrons. The van der Waals surface area contributed by atoms with Gasteiger partial charge in [0, 0.05) is 19.3 Å². The first-order valence-electron chi connectivity index (χ1n) is 5.36. The highest BCUT2D eigenvalue weighted by Gasteiger charge is 2.13. The molecule has 0 bridgehead atoms. The van der Waals surface area contributed by atoms with Gasteiger partial charge in [-0.05, 0) is 6.42 Å². The summed E-state index contributed by atoms with van der Waals surface area (Å²) in [5.41, 5.74) is 0. The van der Waals surface area contributed by atoms with Crippen LogP contribution in [-0.4, -0.2) is 56.4 Å². The molecule has 2 amide bonds. The Morgan fingerprint density at radius 3 is 2.78 bits per heavy atom. The third-order valence-electron chi connectivity index (χ3n) is 2.06. The summed E-state index contributed by atoms with van der Waals surface area (Å²) < 4.78 is 1.63. The molecule has 0 unspecified atom stereocenters. The Labute approximate surface area is 103 Å². The number of aliphatic carboxylic acids is 1. The van der Waals surface area contributed by atoms with E-state index in [0.29, 0.717) is 19.5 Å². The van der Waals surface area contributed by atoms with E-state index in [1.54, 1.807) is 17.1 Å². The van der Waals surface area contributed by atoms with Crippen LogP contribution in [0.3, 0.4) is 0 Å². The first-order valence-corrected chi connectivity index (χ1v) is 5.36. The highest BCUT2D eigenvalue weighted by Crippen LogP contribution is 1.86. The molecule has 0 saturated carbocycles. The van der Waals surface area contributed by atoms with Crippen LogP contribution in [0, 0.1) is 0 Å². The van der Waals surface area contributed by atoms with Crippen LogP contribution < -0.4 is 10.6 Å². The number of hydrogen-bond acceptors (Lipinski definition) is 5. The quantitative estimate of drug-likeness (QED) is 0.436. The predicted molar refractivity (Wildman–Crippen MR) is 59.7 cm³/mol. The zero-order chi connectivity index (χ0) is 13.4. The van der Waals surface area contributed by atoms with Gasteiger partial charge in [0.1, 0.15) is 0 Å². The summed E-state index contributed by atoms with van der Waals surface area (Å²) >= 11 is 0. The molecule has 9 heteroatoms. The highest BCUT2D eigenvalue weighted by atomic mass is 16.4. The topological polar surface area (TPSA) is 129 Å². The van der Waals surface area contributed by atoms with Gasteiger partial charge in [-0.2, -0.15) is 0 Å². The van der Waals surface area contributed by atoms with Gasteiger partial charge < -0.3 is 20.8 Å². The highest BCUT2D eigenvalue weighted by molar-refractivity contribution is 5.76. The van der Waals surface area contributed by atoms with Crippen molar-refractivity contribution in [2.24, 2.45) is 0 Å². The van der Waals surface area contributed by atoms with E-state index < -0.39 is 18.1 Å². The Morgan fingerprint density at radius 1 is 1.39 bits per heavy atom. The lowest BCUT2D eigenvalue weighted by molar-refractivity contribution is -0.146. The smallest absolute Gasteiger partial charge is 0.334 e. The average molecular weight is 257 g/mol. The van der Waals surface area contributed by atoms with Crippen molar-refractivity contribution >= 4 is 12.0 Å². The number of nitrogens with zero attached hydrogens (tertiary/aromatic N) is 3. The lowest BCUT2D eigenvalue weighted by Gasteiger charge is -2.09. The summed E-state index contributed by atoms with van der Waals surface area (Å²) in [4.78, 5) is 21.4. The van der Waals surface area contributed by atoms with Gasteiger partial charge in [0.25, 0.3) is 0 Å². The number of nitrogens with one attached hydrogen (secondary N) is 2. The number of aliphatic hydroxyl groups is 1. The number of carbonyl (C=O) groups excluding carboxylic acids is 1. The average Bonchev–Trinajstić information content (AvgIpc) is 2.84. The maximum atomic E-state index is 11.2. The van der Waals surface area contributed by atoms with Gasteiger partial charge in [0.05, 0.1) is 12.7 Å². The van der Waals surface area contributed by atoms with E-state index in [1.807, 2.05) is 0 Å². The summed E-state index contributed by atoms with van der Waals surface area (Å²) in [7, 11) is 0. The molecule has 0 aromatic carbocycles. The third-order valence-corrected chi connectivity index (χ3v) is 2.06. The van der Waals surface area contributed by atoms with Crippen molar-refractivity contribution in [2.75, 3.05) is 13.1 Å². The van der Waals surface area contributed by atoms with Gasteiger partial charge in [-0.3, -0.25) is 4.68 Å². The van der Waals surface area contributed by atoms with Crippen LogP contribution in [0.5, 0.6) is 0 Å². The second kappa shape index (κ2) is 7.22. The van der Waals surface area contributed by atoms with Gasteiger partial charge in [0.2, 0.25) is 0 Å². The number of aryl methyl sites for hydroxylation is 1. The maximum Gasteiger partial charge on any atom is 0.334 e. The van der Waals surface area contributed by atoms with Crippen LogP contribution in [0.4, 0.5) is 4.79 Å². The number of aromatic nitrogens is 3. The molecule has 4 N–H and O–H groups in total. The van der Waals surface area contributed by atoms with Gasteiger partial charge in [0.15, 0.2) is 6.10 Å². The molecule has 0 aliphatic rings. The van der Waals surface area contributed by atoms with E-state index in [1.165, 1.54) is 0 Å². The third kappa shape index (κ3) is 5.25. The molecule has 1 atom stereocenters. The van der Waals surface area contributed by atoms with Gasteiger partial charge in [-0.1, -0.05) is 5.21 Å². The Kier molecular flexibility index (Phi) is 5.58. The van der Waals surface area contributed by atoms with Gasteiger partial charge in [-0.15, -0.1) is 5.10 Å². The normalized spacial score (nSPS) is 11.8. The molecule has 1 aromatic rings. The van der Waals surface area contributed by atoms with E-state index >= 15 is 0 Å². The molecule has 1 heterocycles. The lowest BCUT2D eigenvalue weighted by Crippen LogP contribution is -2.42. The molecule has 18 heavy (non-hydrogen) atoms. The molecular weight excluding hydrogens is 242 g/mol. The number of carboxylic acids is 1. The van der Waals surface area contributed by atoms with Crippen molar-refractivity contribution < 1.29 is 19.8 Å². The number of amides is 2. The molecule has 0 fully saturated rings. The van der Waals surface area contributed by atoms with Crippen molar-refractivity contribution in [2.45, 2.75) is 19.1 Å². The first-order chi connectivity index (χ1) is 8.59. The molecule has 1 rings (SSSR count). The van der Waals surface area contributed by atoms with Crippen LogP contribution in [0.1, 0.15) is 6.42 Å². The lowest BCUT2D eigenvalue weighted by atomic mass is 10.3. The fraction of sp³-hybridized carbons (Fsp3) is 0.556. The molecule has 0 radical (unpaired) electrons. The fourth-order valence-electron chi connectivity index (χ4n) is 1.13. The zero-order valence-corrected chi connectivity index (χ0v) is 9.61. The van der Waals surface area contributed by atoms with E-state index in [4.69, 9.17) is 10.2 Å². The van der Waals surface area contributed by atoms with Crippen LogP contribution in [-0.2, 0) is 11.3 Å². The molecule has 0 aliphatic heterocycles. The van der Waals surface area contributed by atoms with Crippen molar-refractivity contribution in [1.82, 2.24) is 25.6 Å². The van der Waals surface area contributed by atoms with Crippen LogP contribution in [0.2, 0.25) is 0 Å². The number of carboxylic acid groups (broad SMARTS) is 1.